The highest BCUT2D eigenvalue weighted by molar-refractivity contribution is 6.36. The molecule has 1 heterocycles. The van der Waals surface area contributed by atoms with Gasteiger partial charge in [0.2, 0.25) is 0 Å². The van der Waals surface area contributed by atoms with Crippen molar-refractivity contribution in [2.45, 2.75) is 6.54 Å². The van der Waals surface area contributed by atoms with Crippen LogP contribution in [-0.2, 0) is 6.54 Å². The number of rotatable bonds is 3. The van der Waals surface area contributed by atoms with Crippen LogP contribution in [0.25, 0.3) is 0 Å². The SMILES string of the molecule is NC1=C(/C=C(\N)Cl)N(Cc2c(Cl)cccc2Cl)CCN1. The summed E-state index contributed by atoms with van der Waals surface area (Å²) in [5.74, 6) is 0.531. The van der Waals surface area contributed by atoms with Crippen molar-refractivity contribution in [2.75, 3.05) is 13.1 Å². The third kappa shape index (κ3) is 3.45. The monoisotopic (exact) mass is 332 g/mol. The molecular formula is C13H15Cl3N4. The molecule has 0 saturated carbocycles. The fourth-order valence-electron chi connectivity index (χ4n) is 2.05. The summed E-state index contributed by atoms with van der Waals surface area (Å²) in [7, 11) is 0. The summed E-state index contributed by atoms with van der Waals surface area (Å²) in [5.41, 5.74) is 13.1. The maximum absolute atomic E-state index is 6.20. The molecule has 0 saturated heterocycles. The van der Waals surface area contributed by atoms with Gasteiger partial charge < -0.3 is 21.7 Å². The lowest BCUT2D eigenvalue weighted by Crippen LogP contribution is -2.41. The van der Waals surface area contributed by atoms with E-state index in [1.54, 1.807) is 6.08 Å². The van der Waals surface area contributed by atoms with E-state index in [1.807, 2.05) is 23.1 Å². The molecule has 1 aliphatic rings. The van der Waals surface area contributed by atoms with E-state index in [-0.39, 0.29) is 5.16 Å². The zero-order valence-corrected chi connectivity index (χ0v) is 12.9. The summed E-state index contributed by atoms with van der Waals surface area (Å²) in [6.45, 7) is 2.02. The lowest BCUT2D eigenvalue weighted by molar-refractivity contribution is 0.321. The first-order valence-corrected chi connectivity index (χ1v) is 7.16. The van der Waals surface area contributed by atoms with Crippen molar-refractivity contribution >= 4 is 34.8 Å². The third-order valence-corrected chi connectivity index (χ3v) is 3.82. The van der Waals surface area contributed by atoms with Crippen LogP contribution in [0.5, 0.6) is 0 Å². The van der Waals surface area contributed by atoms with Crippen molar-refractivity contribution in [2.24, 2.45) is 11.5 Å². The van der Waals surface area contributed by atoms with Crippen LogP contribution in [0, 0.1) is 0 Å². The second-order valence-corrected chi connectivity index (χ2v) is 5.63. The van der Waals surface area contributed by atoms with Gasteiger partial charge in [-0.15, -0.1) is 0 Å². The van der Waals surface area contributed by atoms with Gasteiger partial charge in [-0.2, -0.15) is 0 Å². The molecule has 20 heavy (non-hydrogen) atoms. The van der Waals surface area contributed by atoms with E-state index < -0.39 is 0 Å². The smallest absolute Gasteiger partial charge is 0.120 e. The normalized spacial score (nSPS) is 16.4. The van der Waals surface area contributed by atoms with E-state index in [0.717, 1.165) is 24.4 Å². The Kier molecular flexibility index (Phi) is 4.91. The van der Waals surface area contributed by atoms with Gasteiger partial charge in [-0.25, -0.2) is 0 Å². The largest absolute Gasteiger partial charge is 0.389 e. The van der Waals surface area contributed by atoms with Crippen LogP contribution in [0.1, 0.15) is 5.56 Å². The summed E-state index contributed by atoms with van der Waals surface area (Å²) in [5, 5.41) is 4.49. The quantitative estimate of drug-likeness (QED) is 0.744. The zero-order chi connectivity index (χ0) is 14.7. The van der Waals surface area contributed by atoms with Crippen molar-refractivity contribution in [3.8, 4) is 0 Å². The van der Waals surface area contributed by atoms with Crippen molar-refractivity contribution in [3.63, 3.8) is 0 Å². The average molecular weight is 334 g/mol. The number of allylic oxidation sites excluding steroid dienone is 1. The van der Waals surface area contributed by atoms with Gasteiger partial charge in [0.15, 0.2) is 0 Å². The number of halogens is 3. The molecule has 4 nitrogen and oxygen atoms in total. The molecule has 1 aromatic carbocycles. The summed E-state index contributed by atoms with van der Waals surface area (Å²) in [6, 6.07) is 5.43. The molecule has 0 amide bonds. The topological polar surface area (TPSA) is 67.3 Å². The standard InChI is InChI=1S/C13H15Cl3N4/c14-9-2-1-3-10(15)8(9)7-20-5-4-19-13(18)11(20)6-12(16)17/h1-3,6,19H,4-5,7,17-18H2/b12-6-. The maximum Gasteiger partial charge on any atom is 0.120 e. The molecule has 0 radical (unpaired) electrons. The van der Waals surface area contributed by atoms with Crippen molar-refractivity contribution < 1.29 is 0 Å². The van der Waals surface area contributed by atoms with Crippen LogP contribution in [0.2, 0.25) is 10.0 Å². The van der Waals surface area contributed by atoms with Gasteiger partial charge in [-0.3, -0.25) is 0 Å². The zero-order valence-electron chi connectivity index (χ0n) is 10.7. The van der Waals surface area contributed by atoms with Gasteiger partial charge >= 0.3 is 0 Å². The number of nitrogens with zero attached hydrogens (tertiary/aromatic N) is 1. The number of hydrogen-bond donors (Lipinski definition) is 3. The average Bonchev–Trinajstić information content (AvgIpc) is 2.37. The number of benzene rings is 1. The molecule has 0 bridgehead atoms. The van der Waals surface area contributed by atoms with E-state index in [0.29, 0.717) is 22.4 Å². The molecule has 2 rings (SSSR count). The highest BCUT2D eigenvalue weighted by atomic mass is 35.5. The third-order valence-electron chi connectivity index (χ3n) is 3.00. The minimum absolute atomic E-state index is 0.168. The Labute approximate surface area is 133 Å². The van der Waals surface area contributed by atoms with Crippen LogP contribution in [-0.4, -0.2) is 18.0 Å². The molecule has 0 spiro atoms. The second kappa shape index (κ2) is 6.48. The van der Waals surface area contributed by atoms with Gasteiger partial charge in [0, 0.05) is 35.2 Å². The first-order valence-electron chi connectivity index (χ1n) is 6.03. The number of hydrogen-bond acceptors (Lipinski definition) is 4. The Bertz CT molecular complexity index is 544. The first-order chi connectivity index (χ1) is 9.49. The maximum atomic E-state index is 6.20. The summed E-state index contributed by atoms with van der Waals surface area (Å²) in [6.07, 6.45) is 1.62. The Morgan fingerprint density at radius 2 is 2.00 bits per heavy atom. The fourth-order valence-corrected chi connectivity index (χ4v) is 2.67. The van der Waals surface area contributed by atoms with Crippen LogP contribution < -0.4 is 16.8 Å². The second-order valence-electron chi connectivity index (χ2n) is 4.38. The Hall–Kier alpha value is -1.23. The molecule has 108 valence electrons. The lowest BCUT2D eigenvalue weighted by Gasteiger charge is -2.32. The molecule has 0 atom stereocenters. The van der Waals surface area contributed by atoms with Gasteiger partial charge in [0.25, 0.3) is 0 Å². The van der Waals surface area contributed by atoms with E-state index in [2.05, 4.69) is 5.32 Å². The summed E-state index contributed by atoms with van der Waals surface area (Å²) >= 11 is 18.1. The molecular weight excluding hydrogens is 319 g/mol. The fraction of sp³-hybridized carbons (Fsp3) is 0.231. The number of nitrogens with two attached hydrogens (primary N) is 2. The Balaban J connectivity index is 2.32. The first kappa shape index (κ1) is 15.2. The van der Waals surface area contributed by atoms with Gasteiger partial charge in [0.1, 0.15) is 11.0 Å². The molecule has 0 fully saturated rings. The van der Waals surface area contributed by atoms with E-state index in [9.17, 15) is 0 Å². The predicted molar refractivity (Wildman–Crippen MR) is 84.2 cm³/mol. The highest BCUT2D eigenvalue weighted by Gasteiger charge is 2.19. The summed E-state index contributed by atoms with van der Waals surface area (Å²) < 4.78 is 0. The molecule has 0 aliphatic carbocycles. The van der Waals surface area contributed by atoms with Crippen molar-refractivity contribution in [1.82, 2.24) is 10.2 Å². The van der Waals surface area contributed by atoms with Crippen LogP contribution in [0.3, 0.4) is 0 Å². The van der Waals surface area contributed by atoms with E-state index in [1.165, 1.54) is 0 Å². The minimum Gasteiger partial charge on any atom is -0.389 e. The molecule has 5 N–H and O–H groups in total. The highest BCUT2D eigenvalue weighted by Crippen LogP contribution is 2.28. The van der Waals surface area contributed by atoms with Gasteiger partial charge in [0.05, 0.1) is 5.70 Å². The Morgan fingerprint density at radius 3 is 2.60 bits per heavy atom. The number of nitrogens with one attached hydrogen (secondary N) is 1. The minimum atomic E-state index is 0.168. The summed E-state index contributed by atoms with van der Waals surface area (Å²) in [4.78, 5) is 2.04. The Morgan fingerprint density at radius 1 is 1.35 bits per heavy atom. The van der Waals surface area contributed by atoms with E-state index >= 15 is 0 Å². The lowest BCUT2D eigenvalue weighted by atomic mass is 10.1. The molecule has 1 aromatic rings. The van der Waals surface area contributed by atoms with Crippen molar-refractivity contribution in [3.05, 3.63) is 56.6 Å². The van der Waals surface area contributed by atoms with E-state index in [4.69, 9.17) is 46.3 Å². The van der Waals surface area contributed by atoms with Crippen molar-refractivity contribution in [1.29, 1.82) is 0 Å². The van der Waals surface area contributed by atoms with Gasteiger partial charge in [-0.05, 0) is 18.2 Å². The molecule has 0 unspecified atom stereocenters. The molecule has 1 aliphatic heterocycles. The molecule has 0 aromatic heterocycles. The predicted octanol–water partition coefficient (Wildman–Crippen LogP) is 2.57. The van der Waals surface area contributed by atoms with Crippen LogP contribution in [0.4, 0.5) is 0 Å². The molecule has 7 heteroatoms. The van der Waals surface area contributed by atoms with Gasteiger partial charge in [-0.1, -0.05) is 40.9 Å². The van der Waals surface area contributed by atoms with Crippen LogP contribution in [0.15, 0.2) is 40.9 Å². The van der Waals surface area contributed by atoms with Crippen LogP contribution >= 0.6 is 34.8 Å².